The van der Waals surface area contributed by atoms with Crippen molar-refractivity contribution in [1.29, 1.82) is 0 Å². The molecule has 1 fully saturated rings. The minimum absolute atomic E-state index is 0.0398. The number of alkyl halides is 1. The molecule has 2 aromatic rings. The molecule has 2 heterocycles. The summed E-state index contributed by atoms with van der Waals surface area (Å²) >= 11 is 7.36. The molecular formula is C45H65ClN3O4Si+. The number of benzene rings is 2. The van der Waals surface area contributed by atoms with E-state index in [-0.39, 0.29) is 28.0 Å². The van der Waals surface area contributed by atoms with Crippen molar-refractivity contribution in [3.05, 3.63) is 95.2 Å². The number of carbonyl (C=O) groups excluding carboxylic acids is 1. The first kappa shape index (κ1) is 42.1. The highest BCUT2D eigenvalue weighted by Gasteiger charge is 2.44. The summed E-state index contributed by atoms with van der Waals surface area (Å²) in [7, 11) is -2.73. The summed E-state index contributed by atoms with van der Waals surface area (Å²) in [6.07, 6.45) is 14.7. The maximum Gasteiger partial charge on any atom is 0.500 e. The van der Waals surface area contributed by atoms with E-state index in [1.165, 1.54) is 39.5 Å². The molecule has 1 aliphatic carbocycles. The maximum atomic E-state index is 13.2. The molecule has 0 bridgehead atoms. The fourth-order valence-corrected chi connectivity index (χ4v) is 11.7. The largest absolute Gasteiger partial charge is 0.500 e. The molecule has 2 aliphatic heterocycles. The van der Waals surface area contributed by atoms with Gasteiger partial charge >= 0.3 is 8.80 Å². The van der Waals surface area contributed by atoms with E-state index in [1.54, 1.807) is 0 Å². The van der Waals surface area contributed by atoms with Crippen molar-refractivity contribution < 1.29 is 22.6 Å². The third-order valence-corrected chi connectivity index (χ3v) is 15.1. The van der Waals surface area contributed by atoms with Gasteiger partial charge in [-0.05, 0) is 83.9 Å². The monoisotopic (exact) mass is 774 g/mol. The molecule has 2 atom stereocenters. The van der Waals surface area contributed by atoms with Gasteiger partial charge in [0.05, 0.1) is 10.8 Å². The van der Waals surface area contributed by atoms with Crippen LogP contribution in [0.5, 0.6) is 0 Å². The molecule has 1 amide bonds. The van der Waals surface area contributed by atoms with Crippen LogP contribution in [0.3, 0.4) is 0 Å². The maximum absolute atomic E-state index is 13.2. The number of allylic oxidation sites excluding steroid dienone is 6. The van der Waals surface area contributed by atoms with Gasteiger partial charge in [0, 0.05) is 86.3 Å². The van der Waals surface area contributed by atoms with Crippen molar-refractivity contribution in [2.75, 3.05) is 44.4 Å². The van der Waals surface area contributed by atoms with Crippen LogP contribution < -0.4 is 10.2 Å². The molecule has 7 nitrogen and oxygen atoms in total. The topological polar surface area (TPSA) is 63.0 Å². The first-order valence-electron chi connectivity index (χ1n) is 20.5. The Kier molecular flexibility index (Phi) is 14.6. The number of anilines is 1. The normalized spacial score (nSPS) is 22.1. The van der Waals surface area contributed by atoms with Gasteiger partial charge in [-0.2, -0.15) is 4.58 Å². The predicted octanol–water partition coefficient (Wildman–Crippen LogP) is 9.99. The molecule has 0 spiro atoms. The van der Waals surface area contributed by atoms with Gasteiger partial charge in [-0.15, -0.1) is 11.6 Å². The number of para-hydroxylation sites is 2. The zero-order chi connectivity index (χ0) is 38.9. The van der Waals surface area contributed by atoms with Crippen LogP contribution in [0, 0.1) is 5.92 Å². The summed E-state index contributed by atoms with van der Waals surface area (Å²) in [4.78, 5) is 15.5. The Balaban J connectivity index is 1.29. The van der Waals surface area contributed by atoms with E-state index in [0.717, 1.165) is 38.6 Å². The number of halogens is 1. The van der Waals surface area contributed by atoms with Crippen LogP contribution in [0.1, 0.15) is 105 Å². The molecule has 1 saturated carbocycles. The Morgan fingerprint density at radius 2 is 1.61 bits per heavy atom. The minimum atomic E-state index is -2.73. The number of nitrogens with one attached hydrogen (secondary N) is 1. The van der Waals surface area contributed by atoms with Crippen molar-refractivity contribution in [1.82, 2.24) is 5.32 Å². The molecule has 54 heavy (non-hydrogen) atoms. The highest BCUT2D eigenvalue weighted by atomic mass is 35.5. The van der Waals surface area contributed by atoms with Gasteiger partial charge in [0.15, 0.2) is 5.71 Å². The van der Waals surface area contributed by atoms with Crippen molar-refractivity contribution >= 4 is 43.4 Å². The van der Waals surface area contributed by atoms with Gasteiger partial charge < -0.3 is 23.5 Å². The number of rotatable bonds is 18. The average Bonchev–Trinajstić information content (AvgIpc) is 3.50. The van der Waals surface area contributed by atoms with Crippen molar-refractivity contribution in [3.8, 4) is 0 Å². The van der Waals surface area contributed by atoms with E-state index < -0.39 is 8.80 Å². The van der Waals surface area contributed by atoms with Crippen LogP contribution in [-0.2, 0) is 28.9 Å². The van der Waals surface area contributed by atoms with E-state index in [1.807, 2.05) is 20.8 Å². The Hall–Kier alpha value is -3.01. The van der Waals surface area contributed by atoms with Gasteiger partial charge in [-0.3, -0.25) is 4.79 Å². The highest BCUT2D eigenvalue weighted by Crippen LogP contribution is 2.48. The number of hydrogen-bond donors (Lipinski definition) is 1. The Labute approximate surface area is 331 Å². The van der Waals surface area contributed by atoms with E-state index >= 15 is 0 Å². The Bertz CT molecular complexity index is 1710. The van der Waals surface area contributed by atoms with Gasteiger partial charge in [0.25, 0.3) is 0 Å². The Morgan fingerprint density at radius 3 is 2.30 bits per heavy atom. The second-order valence-electron chi connectivity index (χ2n) is 15.8. The first-order valence-corrected chi connectivity index (χ1v) is 22.8. The van der Waals surface area contributed by atoms with Crippen molar-refractivity contribution in [2.45, 2.75) is 116 Å². The lowest BCUT2D eigenvalue weighted by atomic mass is 9.79. The van der Waals surface area contributed by atoms with Crippen molar-refractivity contribution in [2.24, 2.45) is 5.92 Å². The smallest absolute Gasteiger partial charge is 0.374 e. The molecule has 2 aromatic carbocycles. The first-order chi connectivity index (χ1) is 25.9. The molecule has 2 unspecified atom stereocenters. The fraction of sp³-hybridized carbons (Fsp3) is 0.556. The second-order valence-corrected chi connectivity index (χ2v) is 19.0. The molecule has 0 radical (unpaired) electrons. The van der Waals surface area contributed by atoms with Gasteiger partial charge in [0.1, 0.15) is 6.54 Å². The number of fused-ring (bicyclic) bond motifs is 2. The average molecular weight is 776 g/mol. The molecule has 0 saturated heterocycles. The third kappa shape index (κ3) is 9.16. The van der Waals surface area contributed by atoms with Crippen LogP contribution >= 0.6 is 11.6 Å². The lowest BCUT2D eigenvalue weighted by molar-refractivity contribution is -0.437. The van der Waals surface area contributed by atoms with Crippen LogP contribution in [0.2, 0.25) is 6.04 Å². The Morgan fingerprint density at radius 1 is 0.944 bits per heavy atom. The molecule has 5 rings (SSSR count). The zero-order valence-electron chi connectivity index (χ0n) is 34.2. The lowest BCUT2D eigenvalue weighted by Crippen LogP contribution is -2.46. The summed E-state index contributed by atoms with van der Waals surface area (Å²) in [5, 5.41) is 3.07. The molecule has 3 aliphatic rings. The SMILES string of the molecule is CCC[N+]1=C(C=CC2CCCC(=CC=C3N(CCC(=O)NCCC[Si](OCC)(OCC)OCC)c4ccccc4C3(C)C)C2Cl)C(C)(C)c2ccccc21. The van der Waals surface area contributed by atoms with Gasteiger partial charge in [-0.25, -0.2) is 0 Å². The summed E-state index contributed by atoms with van der Waals surface area (Å²) in [5.41, 5.74) is 8.73. The zero-order valence-corrected chi connectivity index (χ0v) is 35.9. The summed E-state index contributed by atoms with van der Waals surface area (Å²) < 4.78 is 20.5. The minimum Gasteiger partial charge on any atom is -0.374 e. The van der Waals surface area contributed by atoms with E-state index in [0.29, 0.717) is 45.4 Å². The summed E-state index contributed by atoms with van der Waals surface area (Å²) in [6.45, 7) is 21.2. The molecule has 1 N–H and O–H groups in total. The summed E-state index contributed by atoms with van der Waals surface area (Å²) in [6, 6.07) is 18.1. The highest BCUT2D eigenvalue weighted by molar-refractivity contribution is 6.60. The molecule has 294 valence electrons. The standard InChI is InChI=1S/C45H64ClN3O4Si/c1-9-31-48-38-23-15-13-21-36(38)44(5,6)40(48)27-25-34-19-17-20-35(43(34)46)26-28-41-45(7,8)37-22-14-16-24-39(37)49(41)32-29-42(50)47-30-18-33-54(51-10-2,52-11-3)53-12-4/h13-16,21-28,34,43H,9-12,17-20,29-33H2,1-8H3/p+1. The number of amides is 1. The molecule has 9 heteroatoms. The quantitative estimate of drug-likeness (QED) is 0.0708. The van der Waals surface area contributed by atoms with Crippen LogP contribution in [0.25, 0.3) is 0 Å². The van der Waals surface area contributed by atoms with E-state index in [9.17, 15) is 4.79 Å². The van der Waals surface area contributed by atoms with Crippen LogP contribution in [-0.4, -0.2) is 69.8 Å². The fourth-order valence-electron chi connectivity index (χ4n) is 8.69. The van der Waals surface area contributed by atoms with E-state index in [2.05, 4.69) is 122 Å². The predicted molar refractivity (Wildman–Crippen MR) is 226 cm³/mol. The number of carbonyl (C=O) groups is 1. The molecule has 0 aromatic heterocycles. The third-order valence-electron chi connectivity index (χ3n) is 11.4. The van der Waals surface area contributed by atoms with Gasteiger partial charge in [0.2, 0.25) is 11.6 Å². The number of nitrogens with zero attached hydrogens (tertiary/aromatic N) is 2. The van der Waals surface area contributed by atoms with Crippen LogP contribution in [0.4, 0.5) is 11.4 Å². The summed E-state index contributed by atoms with van der Waals surface area (Å²) in [5.74, 6) is 0.301. The second kappa shape index (κ2) is 18.7. The van der Waals surface area contributed by atoms with Crippen LogP contribution in [0.15, 0.2) is 84.1 Å². The van der Waals surface area contributed by atoms with Crippen molar-refractivity contribution in [3.63, 3.8) is 0 Å². The number of hydrogen-bond acceptors (Lipinski definition) is 5. The van der Waals surface area contributed by atoms with Gasteiger partial charge in [-0.1, -0.05) is 74.9 Å². The van der Waals surface area contributed by atoms with E-state index in [4.69, 9.17) is 24.9 Å². The lowest BCUT2D eigenvalue weighted by Gasteiger charge is -2.29. The molecular weight excluding hydrogens is 710 g/mol.